The third-order valence-electron chi connectivity index (χ3n) is 0.315. The number of halogens is 3. The van der Waals surface area contributed by atoms with Gasteiger partial charge in [0, 0.05) is 0 Å². The lowest BCUT2D eigenvalue weighted by Gasteiger charge is -2.00. The number of carbonyl (C=O) groups is 1. The molecule has 47 valence electrons. The molecule has 0 aromatic heterocycles. The van der Waals surface area contributed by atoms with Gasteiger partial charge in [0.05, 0.1) is 0 Å². The topological polar surface area (TPSA) is 29.1 Å². The number of carbonyl (C=O) groups excluding carboxylic acids is 1. The van der Waals surface area contributed by atoms with Crippen molar-refractivity contribution in [1.29, 1.82) is 0 Å². The van der Waals surface area contributed by atoms with Crippen molar-refractivity contribution in [2.45, 2.75) is 6.18 Å². The second kappa shape index (κ2) is 2.54. The van der Waals surface area contributed by atoms with Crippen LogP contribution < -0.4 is 5.32 Å². The molecule has 0 aliphatic rings. The van der Waals surface area contributed by atoms with Gasteiger partial charge in [-0.05, 0) is 0 Å². The third-order valence-corrected chi connectivity index (χ3v) is 0.315. The van der Waals surface area contributed by atoms with E-state index in [4.69, 9.17) is 0 Å². The summed E-state index contributed by atoms with van der Waals surface area (Å²) in [6, 6.07) is 0. The van der Waals surface area contributed by atoms with Crippen LogP contribution in [0.3, 0.4) is 0 Å². The highest BCUT2D eigenvalue weighted by Crippen LogP contribution is 2.15. The van der Waals surface area contributed by atoms with Gasteiger partial charge in [0.1, 0.15) is 0 Å². The van der Waals surface area contributed by atoms with Crippen molar-refractivity contribution in [3.63, 3.8) is 0 Å². The van der Waals surface area contributed by atoms with E-state index in [2.05, 4.69) is 0 Å². The Hall–Kier alpha value is -0.740. The van der Waals surface area contributed by atoms with E-state index in [9.17, 15) is 18.0 Å². The van der Waals surface area contributed by atoms with Crippen molar-refractivity contribution >= 4 is 6.41 Å². The van der Waals surface area contributed by atoms with Crippen molar-refractivity contribution in [3.8, 4) is 0 Å². The number of hydrogen-bond acceptors (Lipinski definition) is 1. The minimum Gasteiger partial charge on any atom is -0.345 e. The number of rotatable bonds is 2. The first-order valence-corrected chi connectivity index (χ1v) is 1.67. The van der Waals surface area contributed by atoms with E-state index < -0.39 is 6.18 Å². The largest absolute Gasteiger partial charge is 0.410 e. The third kappa shape index (κ3) is 5.26. The van der Waals surface area contributed by atoms with Gasteiger partial charge < -0.3 is 5.32 Å². The van der Waals surface area contributed by atoms with Gasteiger partial charge in [-0.25, -0.2) is 0 Å². The van der Waals surface area contributed by atoms with E-state index in [0.717, 1.165) is 0 Å². The fourth-order valence-corrected chi connectivity index (χ4v) is 0.129. The Balaban J connectivity index is 3.24. The zero-order valence-corrected chi connectivity index (χ0v) is 3.70. The van der Waals surface area contributed by atoms with Crippen LogP contribution in [0.15, 0.2) is 0 Å². The molecular weight excluding hydrogens is 123 g/mol. The van der Waals surface area contributed by atoms with E-state index in [1.165, 1.54) is 5.32 Å². The lowest BCUT2D eigenvalue weighted by molar-refractivity contribution is -0.118. The summed E-state index contributed by atoms with van der Waals surface area (Å²) in [5, 5.41) is 1.36. The van der Waals surface area contributed by atoms with E-state index in [1.54, 1.807) is 0 Å². The van der Waals surface area contributed by atoms with Gasteiger partial charge in [0.2, 0.25) is 6.41 Å². The lowest BCUT2D eigenvalue weighted by Crippen LogP contribution is -2.20. The molecule has 0 saturated heterocycles. The molecular formula is C3H3F3NO. The maximum absolute atomic E-state index is 11.0. The van der Waals surface area contributed by atoms with Crippen LogP contribution in [0.25, 0.3) is 0 Å². The molecule has 0 aliphatic carbocycles. The van der Waals surface area contributed by atoms with Crippen LogP contribution in [0.4, 0.5) is 13.2 Å². The summed E-state index contributed by atoms with van der Waals surface area (Å²) in [5.74, 6) is 0. The molecule has 0 bridgehead atoms. The SMILES string of the molecule is O=CN[CH]C(F)(F)F. The Labute approximate surface area is 43.7 Å². The van der Waals surface area contributed by atoms with E-state index in [1.807, 2.05) is 0 Å². The average Bonchev–Trinajstić information content (AvgIpc) is 1.59. The summed E-state index contributed by atoms with van der Waals surface area (Å²) in [5.41, 5.74) is 0. The number of amides is 1. The van der Waals surface area contributed by atoms with Crippen LogP contribution in [-0.4, -0.2) is 12.6 Å². The fourth-order valence-electron chi connectivity index (χ4n) is 0.129. The molecule has 1 radical (unpaired) electrons. The van der Waals surface area contributed by atoms with Crippen molar-refractivity contribution < 1.29 is 18.0 Å². The molecule has 1 N–H and O–H groups in total. The smallest absolute Gasteiger partial charge is 0.345 e. The Morgan fingerprint density at radius 1 is 1.38 bits per heavy atom. The van der Waals surface area contributed by atoms with E-state index in [-0.39, 0.29) is 13.0 Å². The maximum Gasteiger partial charge on any atom is 0.410 e. The molecule has 0 atom stereocenters. The van der Waals surface area contributed by atoms with Crippen LogP contribution >= 0.6 is 0 Å². The molecule has 1 amide bonds. The minimum atomic E-state index is -4.42. The van der Waals surface area contributed by atoms with Crippen molar-refractivity contribution in [3.05, 3.63) is 6.54 Å². The molecule has 2 nitrogen and oxygen atoms in total. The Kier molecular flexibility index (Phi) is 2.30. The monoisotopic (exact) mass is 126 g/mol. The molecule has 0 aromatic carbocycles. The van der Waals surface area contributed by atoms with E-state index in [0.29, 0.717) is 0 Å². The zero-order chi connectivity index (χ0) is 6.62. The molecule has 0 heterocycles. The summed E-state index contributed by atoms with van der Waals surface area (Å²) >= 11 is 0. The molecule has 0 fully saturated rings. The second-order valence-corrected chi connectivity index (χ2v) is 0.970. The first kappa shape index (κ1) is 7.26. The summed E-state index contributed by atoms with van der Waals surface area (Å²) < 4.78 is 32.9. The Morgan fingerprint density at radius 2 is 1.88 bits per heavy atom. The van der Waals surface area contributed by atoms with Gasteiger partial charge in [0.25, 0.3) is 0 Å². The fraction of sp³-hybridized carbons (Fsp3) is 0.333. The Morgan fingerprint density at radius 3 is 2.00 bits per heavy atom. The first-order chi connectivity index (χ1) is 3.56. The summed E-state index contributed by atoms with van der Waals surface area (Å²) in [6.07, 6.45) is -4.46. The van der Waals surface area contributed by atoms with Crippen molar-refractivity contribution in [1.82, 2.24) is 5.32 Å². The molecule has 0 unspecified atom stereocenters. The molecule has 0 spiro atoms. The highest BCUT2D eigenvalue weighted by molar-refractivity contribution is 5.47. The number of nitrogens with one attached hydrogen (secondary N) is 1. The zero-order valence-electron chi connectivity index (χ0n) is 3.70. The van der Waals surface area contributed by atoms with Crippen LogP contribution in [0.1, 0.15) is 0 Å². The van der Waals surface area contributed by atoms with Crippen LogP contribution in [-0.2, 0) is 4.79 Å². The van der Waals surface area contributed by atoms with Gasteiger partial charge in [0.15, 0.2) is 6.54 Å². The van der Waals surface area contributed by atoms with Crippen LogP contribution in [0.2, 0.25) is 0 Å². The van der Waals surface area contributed by atoms with Crippen LogP contribution in [0, 0.1) is 6.54 Å². The predicted octanol–water partition coefficient (Wildman–Crippen LogP) is 0.456. The standard InChI is InChI=1S/C3H3F3NO/c4-3(5,6)1-7-2-8/h1-2H,(H,7,8). The summed E-state index contributed by atoms with van der Waals surface area (Å²) in [4.78, 5) is 9.21. The number of hydrogen-bond donors (Lipinski definition) is 1. The molecule has 0 aromatic rings. The highest BCUT2D eigenvalue weighted by atomic mass is 19.4. The normalized spacial score (nSPS) is 10.9. The number of alkyl halides is 3. The predicted molar refractivity (Wildman–Crippen MR) is 19.6 cm³/mol. The van der Waals surface area contributed by atoms with Gasteiger partial charge in [-0.1, -0.05) is 0 Å². The lowest BCUT2D eigenvalue weighted by atomic mass is 10.6. The van der Waals surface area contributed by atoms with Gasteiger partial charge in [-0.3, -0.25) is 4.79 Å². The quantitative estimate of drug-likeness (QED) is 0.535. The second-order valence-electron chi connectivity index (χ2n) is 0.970. The van der Waals surface area contributed by atoms with Crippen LogP contribution in [0.5, 0.6) is 0 Å². The first-order valence-electron chi connectivity index (χ1n) is 1.67. The molecule has 0 saturated carbocycles. The molecule has 0 aliphatic heterocycles. The van der Waals surface area contributed by atoms with Crippen molar-refractivity contribution in [2.75, 3.05) is 0 Å². The molecule has 8 heavy (non-hydrogen) atoms. The Bertz CT molecular complexity index is 79.1. The van der Waals surface area contributed by atoms with Crippen molar-refractivity contribution in [2.24, 2.45) is 0 Å². The van der Waals surface area contributed by atoms with Gasteiger partial charge in [-0.2, -0.15) is 13.2 Å². The van der Waals surface area contributed by atoms with Gasteiger partial charge in [-0.15, -0.1) is 0 Å². The minimum absolute atomic E-state index is 0.0481. The molecule has 5 heteroatoms. The van der Waals surface area contributed by atoms with Gasteiger partial charge >= 0.3 is 6.18 Å². The maximum atomic E-state index is 11.0. The molecule has 0 rings (SSSR count). The average molecular weight is 126 g/mol. The summed E-state index contributed by atoms with van der Waals surface area (Å²) in [6.45, 7) is -0.250. The highest BCUT2D eigenvalue weighted by Gasteiger charge is 2.26. The summed E-state index contributed by atoms with van der Waals surface area (Å²) in [7, 11) is 0. The van der Waals surface area contributed by atoms with E-state index >= 15 is 0 Å².